The van der Waals surface area contributed by atoms with Crippen molar-refractivity contribution in [3.05, 3.63) is 59.2 Å². The van der Waals surface area contributed by atoms with Crippen molar-refractivity contribution in [3.63, 3.8) is 0 Å². The summed E-state index contributed by atoms with van der Waals surface area (Å²) in [6.07, 6.45) is -3.45. The van der Waals surface area contributed by atoms with Crippen LogP contribution in [0.3, 0.4) is 0 Å². The van der Waals surface area contributed by atoms with E-state index in [0.29, 0.717) is 32.0 Å². The number of rotatable bonds is 4. The van der Waals surface area contributed by atoms with Gasteiger partial charge in [0.2, 0.25) is 15.9 Å². The zero-order valence-electron chi connectivity index (χ0n) is 17.9. The molecule has 1 N–H and O–H groups in total. The Morgan fingerprint density at radius 2 is 1.76 bits per heavy atom. The molecule has 11 heteroatoms. The summed E-state index contributed by atoms with van der Waals surface area (Å²) in [4.78, 5) is 15.1. The van der Waals surface area contributed by atoms with E-state index in [1.54, 1.807) is 18.2 Å². The lowest BCUT2D eigenvalue weighted by atomic mass is 9.95. The van der Waals surface area contributed by atoms with Gasteiger partial charge in [0.15, 0.2) is 0 Å². The number of halogens is 3. The van der Waals surface area contributed by atoms with Crippen LogP contribution in [-0.2, 0) is 38.7 Å². The molecule has 2 aliphatic rings. The molecule has 33 heavy (non-hydrogen) atoms. The molecule has 7 nitrogen and oxygen atoms in total. The van der Waals surface area contributed by atoms with E-state index in [0.717, 1.165) is 33.8 Å². The summed E-state index contributed by atoms with van der Waals surface area (Å²) < 4.78 is 71.4. The maximum absolute atomic E-state index is 13.4. The van der Waals surface area contributed by atoms with Crippen molar-refractivity contribution in [2.75, 3.05) is 42.8 Å². The molecule has 2 aromatic rings. The van der Waals surface area contributed by atoms with Crippen molar-refractivity contribution in [2.24, 2.45) is 0 Å². The van der Waals surface area contributed by atoms with Gasteiger partial charge in [0, 0.05) is 19.6 Å². The Morgan fingerprint density at radius 3 is 2.39 bits per heavy atom. The average Bonchev–Trinajstić information content (AvgIpc) is 2.77. The van der Waals surface area contributed by atoms with Gasteiger partial charge in [-0.3, -0.25) is 4.79 Å². The quantitative estimate of drug-likeness (QED) is 0.724. The number of morpholine rings is 1. The lowest BCUT2D eigenvalue weighted by Crippen LogP contribution is -2.50. The fraction of sp³-hybridized carbons (Fsp3) is 0.409. The van der Waals surface area contributed by atoms with Gasteiger partial charge >= 0.3 is 6.18 Å². The van der Waals surface area contributed by atoms with Crippen LogP contribution in [0.5, 0.6) is 0 Å². The molecular weight excluding hydrogens is 459 g/mol. The molecule has 0 aromatic heterocycles. The van der Waals surface area contributed by atoms with Gasteiger partial charge in [-0.2, -0.15) is 17.5 Å². The van der Waals surface area contributed by atoms with Crippen molar-refractivity contribution in [1.82, 2.24) is 4.31 Å². The molecule has 0 radical (unpaired) electrons. The number of benzene rings is 2. The molecule has 0 spiro atoms. The summed E-state index contributed by atoms with van der Waals surface area (Å²) in [6, 6.07) is 9.31. The number of hydrogen-bond donors (Lipinski definition) is 1. The van der Waals surface area contributed by atoms with E-state index in [9.17, 15) is 26.4 Å². The van der Waals surface area contributed by atoms with E-state index in [4.69, 9.17) is 4.74 Å². The molecular formula is C22H24F3N3O4S. The van der Waals surface area contributed by atoms with Crippen LogP contribution in [0.2, 0.25) is 0 Å². The number of hydrogen-bond acceptors (Lipinski definition) is 5. The molecule has 0 bridgehead atoms. The summed E-state index contributed by atoms with van der Waals surface area (Å²) >= 11 is 0. The van der Waals surface area contributed by atoms with E-state index >= 15 is 0 Å². The summed E-state index contributed by atoms with van der Waals surface area (Å²) in [5, 5.41) is 2.60. The zero-order valence-corrected chi connectivity index (χ0v) is 18.7. The van der Waals surface area contributed by atoms with Crippen LogP contribution in [0.15, 0.2) is 42.5 Å². The molecule has 1 saturated heterocycles. The minimum absolute atomic E-state index is 0.0102. The monoisotopic (exact) mass is 483 g/mol. The third kappa shape index (κ3) is 5.15. The Hall–Kier alpha value is -2.63. The first-order chi connectivity index (χ1) is 15.5. The van der Waals surface area contributed by atoms with Crippen LogP contribution >= 0.6 is 0 Å². The Labute approximate surface area is 190 Å². The van der Waals surface area contributed by atoms with Gasteiger partial charge < -0.3 is 15.0 Å². The maximum atomic E-state index is 13.4. The molecule has 0 saturated carbocycles. The molecule has 1 fully saturated rings. The molecule has 1 atom stereocenters. The fourth-order valence-electron chi connectivity index (χ4n) is 4.18. The van der Waals surface area contributed by atoms with Crippen molar-refractivity contribution < 1.29 is 31.1 Å². The van der Waals surface area contributed by atoms with Crippen LogP contribution in [0.25, 0.3) is 0 Å². The van der Waals surface area contributed by atoms with Crippen molar-refractivity contribution >= 4 is 27.3 Å². The third-order valence-corrected chi connectivity index (χ3v) is 7.10. The normalized spacial score (nSPS) is 19.8. The first-order valence-electron chi connectivity index (χ1n) is 10.4. The standard InChI is InChI=1S/C22H24F3N3O4S/c1-33(30,31)28-14-16-5-3-2-4-15(16)12-20(28)21(29)26-18-13-17(22(23,24)25)6-7-19(18)27-8-10-32-11-9-27/h2-7,13,20H,8-12,14H2,1H3,(H,26,29)/t20-/m0/s1. The molecule has 0 aliphatic carbocycles. The summed E-state index contributed by atoms with van der Waals surface area (Å²) in [7, 11) is -3.75. The number of nitrogens with one attached hydrogen (secondary N) is 1. The third-order valence-electron chi connectivity index (χ3n) is 5.87. The summed E-state index contributed by atoms with van der Waals surface area (Å²) in [5.41, 5.74) is 1.14. The second kappa shape index (κ2) is 8.96. The predicted molar refractivity (Wildman–Crippen MR) is 117 cm³/mol. The Balaban J connectivity index is 1.68. The van der Waals surface area contributed by atoms with Crippen LogP contribution < -0.4 is 10.2 Å². The predicted octanol–water partition coefficient (Wildman–Crippen LogP) is 2.87. The smallest absolute Gasteiger partial charge is 0.378 e. The second-order valence-electron chi connectivity index (χ2n) is 8.12. The minimum atomic E-state index is -4.59. The summed E-state index contributed by atoms with van der Waals surface area (Å²) in [5.74, 6) is -0.677. The first-order valence-corrected chi connectivity index (χ1v) is 12.3. The van der Waals surface area contributed by atoms with E-state index in [2.05, 4.69) is 5.32 Å². The maximum Gasteiger partial charge on any atom is 0.416 e. The SMILES string of the molecule is CS(=O)(=O)N1Cc2ccccc2C[C@H]1C(=O)Nc1cc(C(F)(F)F)ccc1N1CCOCC1. The number of alkyl halides is 3. The largest absolute Gasteiger partial charge is 0.416 e. The lowest BCUT2D eigenvalue weighted by Gasteiger charge is -2.35. The van der Waals surface area contributed by atoms with Crippen LogP contribution in [0.4, 0.5) is 24.5 Å². The van der Waals surface area contributed by atoms with E-state index < -0.39 is 33.7 Å². The van der Waals surface area contributed by atoms with Crippen LogP contribution in [0.1, 0.15) is 16.7 Å². The molecule has 0 unspecified atom stereocenters. The topological polar surface area (TPSA) is 79.0 Å². The van der Waals surface area contributed by atoms with Gasteiger partial charge in [-0.25, -0.2) is 8.42 Å². The summed E-state index contributed by atoms with van der Waals surface area (Å²) in [6.45, 7) is 1.76. The number of amides is 1. The molecule has 4 rings (SSSR count). The van der Waals surface area contributed by atoms with Crippen LogP contribution in [0, 0.1) is 0 Å². The molecule has 1 amide bonds. The molecule has 178 valence electrons. The van der Waals surface area contributed by atoms with Gasteiger partial charge in [0.05, 0.1) is 36.4 Å². The highest BCUT2D eigenvalue weighted by Gasteiger charge is 2.38. The van der Waals surface area contributed by atoms with E-state index in [-0.39, 0.29) is 18.7 Å². The van der Waals surface area contributed by atoms with Crippen molar-refractivity contribution in [1.29, 1.82) is 0 Å². The lowest BCUT2D eigenvalue weighted by molar-refractivity contribution is -0.137. The second-order valence-corrected chi connectivity index (χ2v) is 10.1. The number of ether oxygens (including phenoxy) is 1. The number of fused-ring (bicyclic) bond motifs is 1. The Morgan fingerprint density at radius 1 is 1.09 bits per heavy atom. The van der Waals surface area contributed by atoms with Crippen molar-refractivity contribution in [2.45, 2.75) is 25.2 Å². The molecule has 2 aliphatic heterocycles. The van der Waals surface area contributed by atoms with E-state index in [1.807, 2.05) is 11.0 Å². The van der Waals surface area contributed by atoms with Gasteiger partial charge in [-0.1, -0.05) is 24.3 Å². The van der Waals surface area contributed by atoms with Crippen molar-refractivity contribution in [3.8, 4) is 0 Å². The minimum Gasteiger partial charge on any atom is -0.378 e. The highest BCUT2D eigenvalue weighted by molar-refractivity contribution is 7.88. The number of anilines is 2. The zero-order chi connectivity index (χ0) is 23.8. The number of carbonyl (C=O) groups is 1. The van der Waals surface area contributed by atoms with Gasteiger partial charge in [-0.05, 0) is 35.7 Å². The number of nitrogens with zero attached hydrogens (tertiary/aromatic N) is 2. The Kier molecular flexibility index (Phi) is 6.39. The van der Waals surface area contributed by atoms with Crippen LogP contribution in [-0.4, -0.2) is 57.2 Å². The Bertz CT molecular complexity index is 1150. The fourth-order valence-corrected chi connectivity index (χ4v) is 5.19. The number of sulfonamides is 1. The van der Waals surface area contributed by atoms with Gasteiger partial charge in [-0.15, -0.1) is 0 Å². The van der Waals surface area contributed by atoms with E-state index in [1.165, 1.54) is 6.07 Å². The van der Waals surface area contributed by atoms with Gasteiger partial charge in [0.1, 0.15) is 6.04 Å². The average molecular weight is 484 g/mol. The highest BCUT2D eigenvalue weighted by Crippen LogP contribution is 2.36. The van der Waals surface area contributed by atoms with Gasteiger partial charge in [0.25, 0.3) is 0 Å². The number of carbonyl (C=O) groups excluding carboxylic acids is 1. The molecule has 2 heterocycles. The highest BCUT2D eigenvalue weighted by atomic mass is 32.2. The first kappa shape index (κ1) is 23.5. The molecule has 2 aromatic carbocycles.